The molecule has 41 heavy (non-hydrogen) atoms. The van der Waals surface area contributed by atoms with Crippen LogP contribution in [0.25, 0.3) is 11.5 Å². The van der Waals surface area contributed by atoms with Gasteiger partial charge in [-0.25, -0.2) is 19.0 Å². The van der Waals surface area contributed by atoms with E-state index in [-0.39, 0.29) is 24.7 Å². The van der Waals surface area contributed by atoms with Crippen molar-refractivity contribution in [2.24, 2.45) is 0 Å². The van der Waals surface area contributed by atoms with Crippen molar-refractivity contribution in [3.8, 4) is 23.0 Å². The summed E-state index contributed by atoms with van der Waals surface area (Å²) in [5.74, 6) is 0.421. The van der Waals surface area contributed by atoms with Gasteiger partial charge in [0.25, 0.3) is 0 Å². The van der Waals surface area contributed by atoms with Crippen LogP contribution in [0, 0.1) is 12.7 Å². The van der Waals surface area contributed by atoms with E-state index >= 15 is 0 Å². The fourth-order valence-electron chi connectivity index (χ4n) is 3.78. The molecule has 0 atom stereocenters. The van der Waals surface area contributed by atoms with Crippen LogP contribution in [-0.2, 0) is 29.1 Å². The largest absolute Gasteiger partial charge is 0.493 e. The first-order chi connectivity index (χ1) is 19.6. The van der Waals surface area contributed by atoms with Gasteiger partial charge in [-0.15, -0.1) is 0 Å². The lowest BCUT2D eigenvalue weighted by molar-refractivity contribution is -0.152. The van der Waals surface area contributed by atoms with E-state index < -0.39 is 17.7 Å². The average molecular weight is 563 g/mol. The first-order valence-corrected chi connectivity index (χ1v) is 13.0. The van der Waals surface area contributed by atoms with Crippen LogP contribution in [0.15, 0.2) is 77.2 Å². The molecule has 2 N–H and O–H groups in total. The van der Waals surface area contributed by atoms with Crippen molar-refractivity contribution in [1.82, 2.24) is 10.3 Å². The zero-order valence-electron chi connectivity index (χ0n) is 23.0. The Balaban J connectivity index is 1.40. The number of oxazole rings is 1. The van der Waals surface area contributed by atoms with E-state index in [0.29, 0.717) is 41.6 Å². The molecule has 1 amide bonds. The van der Waals surface area contributed by atoms with Gasteiger partial charge in [0.15, 0.2) is 5.60 Å². The lowest BCUT2D eigenvalue weighted by atomic mass is 10.1. The number of nitrogens with zero attached hydrogens (tertiary/aromatic N) is 1. The Morgan fingerprint density at radius 3 is 2.49 bits per heavy atom. The third-order valence-electron chi connectivity index (χ3n) is 6.14. The van der Waals surface area contributed by atoms with Gasteiger partial charge < -0.3 is 29.1 Å². The summed E-state index contributed by atoms with van der Waals surface area (Å²) < 4.78 is 35.9. The van der Waals surface area contributed by atoms with Crippen LogP contribution in [0.3, 0.4) is 0 Å². The SMILES string of the molecule is Cc1oc(-c2ccccc2)nc1CCOc1ccc(OC(C)(C)C(=O)O)c(COC(=O)NCc2ccc(F)cc2)c1. The van der Waals surface area contributed by atoms with Gasteiger partial charge in [0.1, 0.15) is 29.7 Å². The summed E-state index contributed by atoms with van der Waals surface area (Å²) in [6.45, 7) is 4.92. The number of carboxylic acid groups (broad SMARTS) is 1. The molecule has 0 radical (unpaired) electrons. The molecule has 1 heterocycles. The van der Waals surface area contributed by atoms with E-state index in [1.54, 1.807) is 30.3 Å². The third-order valence-corrected chi connectivity index (χ3v) is 6.14. The fraction of sp³-hybridized carbons (Fsp3) is 0.258. The average Bonchev–Trinajstić information content (AvgIpc) is 3.33. The maximum atomic E-state index is 13.1. The zero-order valence-corrected chi connectivity index (χ0v) is 23.0. The van der Waals surface area contributed by atoms with E-state index in [0.717, 1.165) is 11.3 Å². The molecule has 9 nitrogen and oxygen atoms in total. The monoisotopic (exact) mass is 562 g/mol. The van der Waals surface area contributed by atoms with Crippen LogP contribution in [0.2, 0.25) is 0 Å². The summed E-state index contributed by atoms with van der Waals surface area (Å²) in [7, 11) is 0. The smallest absolute Gasteiger partial charge is 0.407 e. The summed E-state index contributed by atoms with van der Waals surface area (Å²) in [6, 6.07) is 20.2. The highest BCUT2D eigenvalue weighted by molar-refractivity contribution is 5.77. The number of hydrogen-bond donors (Lipinski definition) is 2. The number of halogens is 1. The van der Waals surface area contributed by atoms with Crippen molar-refractivity contribution in [3.63, 3.8) is 0 Å². The molecule has 10 heteroatoms. The number of aliphatic carboxylic acids is 1. The molecule has 0 bridgehead atoms. The first kappa shape index (κ1) is 29.1. The highest BCUT2D eigenvalue weighted by Gasteiger charge is 2.30. The highest BCUT2D eigenvalue weighted by Crippen LogP contribution is 2.29. The maximum absolute atomic E-state index is 13.1. The van der Waals surface area contributed by atoms with Crippen LogP contribution < -0.4 is 14.8 Å². The second-order valence-electron chi connectivity index (χ2n) is 9.73. The molecule has 0 aliphatic carbocycles. The summed E-state index contributed by atoms with van der Waals surface area (Å²) in [5.41, 5.74) is 1.24. The number of aromatic nitrogens is 1. The number of carbonyl (C=O) groups is 2. The Morgan fingerprint density at radius 2 is 1.78 bits per heavy atom. The molecule has 0 aliphatic rings. The minimum atomic E-state index is -1.52. The van der Waals surface area contributed by atoms with Crippen molar-refractivity contribution >= 4 is 12.1 Å². The quantitative estimate of drug-likeness (QED) is 0.213. The highest BCUT2D eigenvalue weighted by atomic mass is 19.1. The zero-order chi connectivity index (χ0) is 29.4. The second-order valence-corrected chi connectivity index (χ2v) is 9.73. The third kappa shape index (κ3) is 8.07. The van der Waals surface area contributed by atoms with Crippen LogP contribution in [-0.4, -0.2) is 34.4 Å². The molecule has 4 aromatic rings. The van der Waals surface area contributed by atoms with Crippen molar-refractivity contribution in [2.45, 2.75) is 45.9 Å². The molecule has 0 saturated heterocycles. The van der Waals surface area contributed by atoms with Crippen LogP contribution in [0.4, 0.5) is 9.18 Å². The van der Waals surface area contributed by atoms with Gasteiger partial charge >= 0.3 is 12.1 Å². The number of carboxylic acids is 1. The number of aryl methyl sites for hydroxylation is 1. The molecule has 0 fully saturated rings. The van der Waals surface area contributed by atoms with E-state index in [2.05, 4.69) is 10.3 Å². The number of nitrogens with one attached hydrogen (secondary N) is 1. The Morgan fingerprint density at radius 1 is 1.05 bits per heavy atom. The number of ether oxygens (including phenoxy) is 3. The van der Waals surface area contributed by atoms with Crippen LogP contribution in [0.1, 0.15) is 36.4 Å². The molecule has 4 rings (SSSR count). The molecule has 0 unspecified atom stereocenters. The van der Waals surface area contributed by atoms with Gasteiger partial charge in [0.05, 0.1) is 12.3 Å². The van der Waals surface area contributed by atoms with Gasteiger partial charge in [-0.1, -0.05) is 30.3 Å². The summed E-state index contributed by atoms with van der Waals surface area (Å²) in [6.07, 6.45) is -0.218. The maximum Gasteiger partial charge on any atom is 0.407 e. The predicted octanol–water partition coefficient (Wildman–Crippen LogP) is 6.08. The lowest BCUT2D eigenvalue weighted by Gasteiger charge is -2.23. The Bertz CT molecular complexity index is 1480. The Kier molecular flexibility index (Phi) is 9.23. The summed E-state index contributed by atoms with van der Waals surface area (Å²) >= 11 is 0. The van der Waals surface area contributed by atoms with Crippen LogP contribution >= 0.6 is 0 Å². The topological polar surface area (TPSA) is 120 Å². The molecule has 1 aromatic heterocycles. The lowest BCUT2D eigenvalue weighted by Crippen LogP contribution is -2.38. The number of rotatable bonds is 12. The fourth-order valence-corrected chi connectivity index (χ4v) is 3.78. The molecule has 214 valence electrons. The normalized spacial score (nSPS) is 11.1. The van der Waals surface area contributed by atoms with Crippen molar-refractivity contribution in [3.05, 3.63) is 101 Å². The van der Waals surface area contributed by atoms with E-state index in [1.807, 2.05) is 37.3 Å². The van der Waals surface area contributed by atoms with Gasteiger partial charge in [-0.3, -0.25) is 0 Å². The first-order valence-electron chi connectivity index (χ1n) is 13.0. The van der Waals surface area contributed by atoms with Crippen LogP contribution in [0.5, 0.6) is 11.5 Å². The Hall–Kier alpha value is -4.86. The number of amides is 1. The van der Waals surface area contributed by atoms with E-state index in [9.17, 15) is 19.1 Å². The van der Waals surface area contributed by atoms with Crippen molar-refractivity contribution in [1.29, 1.82) is 0 Å². The molecule has 0 saturated carbocycles. The van der Waals surface area contributed by atoms with Crippen molar-refractivity contribution < 1.29 is 37.7 Å². The number of hydrogen-bond acceptors (Lipinski definition) is 7. The standard InChI is InChI=1S/C31H31FN2O7/c1-20-26(34-28(40-20)22-7-5-4-6-8-22)15-16-38-25-13-14-27(41-31(2,3)29(35)36)23(17-25)19-39-30(37)33-18-21-9-11-24(32)12-10-21/h4-14,17H,15-16,18-19H2,1-3H3,(H,33,37)(H,35,36). The molecular weight excluding hydrogens is 531 g/mol. The number of benzene rings is 3. The predicted molar refractivity (Wildman–Crippen MR) is 148 cm³/mol. The Labute approximate surface area is 236 Å². The number of carbonyl (C=O) groups excluding carboxylic acids is 1. The molecule has 0 spiro atoms. The van der Waals surface area contributed by atoms with E-state index in [1.165, 1.54) is 26.0 Å². The summed E-state index contributed by atoms with van der Waals surface area (Å²) in [4.78, 5) is 28.5. The van der Waals surface area contributed by atoms with Crippen molar-refractivity contribution in [2.75, 3.05) is 6.61 Å². The van der Waals surface area contributed by atoms with Gasteiger partial charge in [0.2, 0.25) is 5.89 Å². The van der Waals surface area contributed by atoms with Gasteiger partial charge in [-0.05, 0) is 68.8 Å². The molecular formula is C31H31FN2O7. The minimum absolute atomic E-state index is 0.144. The van der Waals surface area contributed by atoms with Gasteiger partial charge in [-0.2, -0.15) is 0 Å². The molecule has 0 aliphatic heterocycles. The minimum Gasteiger partial charge on any atom is -0.493 e. The van der Waals surface area contributed by atoms with E-state index in [4.69, 9.17) is 18.6 Å². The second kappa shape index (κ2) is 13.0. The van der Waals surface area contributed by atoms with Gasteiger partial charge in [0, 0.05) is 24.1 Å². The molecule has 3 aromatic carbocycles. The summed E-state index contributed by atoms with van der Waals surface area (Å²) in [5, 5.41) is 12.1. The number of alkyl carbamates (subject to hydrolysis) is 1.